The van der Waals surface area contributed by atoms with E-state index in [1.165, 1.54) is 25.3 Å². The van der Waals surface area contributed by atoms with Crippen molar-refractivity contribution in [1.29, 1.82) is 0 Å². The van der Waals surface area contributed by atoms with E-state index in [1.807, 2.05) is 6.92 Å². The second-order valence-corrected chi connectivity index (χ2v) is 7.41. The third-order valence-electron chi connectivity index (χ3n) is 3.69. The van der Waals surface area contributed by atoms with E-state index in [1.54, 1.807) is 0 Å². The highest BCUT2D eigenvalue weighted by atomic mass is 32.2. The summed E-state index contributed by atoms with van der Waals surface area (Å²) in [5.74, 6) is -0.659. The quantitative estimate of drug-likeness (QED) is 0.794. The third-order valence-corrected chi connectivity index (χ3v) is 5.19. The summed E-state index contributed by atoms with van der Waals surface area (Å²) >= 11 is 0. The fraction of sp³-hybridized carbons (Fsp3) is 0.500. The van der Waals surface area contributed by atoms with Crippen molar-refractivity contribution in [2.24, 2.45) is 5.41 Å². The highest BCUT2D eigenvalue weighted by molar-refractivity contribution is 7.89. The van der Waals surface area contributed by atoms with E-state index in [9.17, 15) is 13.2 Å². The zero-order valence-electron chi connectivity index (χ0n) is 12.0. The Bertz CT molecular complexity index is 649. The number of aliphatic carboxylic acids is 1. The maximum absolute atomic E-state index is 12.4. The van der Waals surface area contributed by atoms with E-state index in [2.05, 4.69) is 4.72 Å². The van der Waals surface area contributed by atoms with Gasteiger partial charge >= 0.3 is 5.97 Å². The fourth-order valence-electron chi connectivity index (χ4n) is 1.98. The molecule has 21 heavy (non-hydrogen) atoms. The standard InChI is InChI=1S/C14H19NO5S/c1-14(5-6-14)9-15-21(18,19)12-4-3-11(20-2)7-10(12)8-13(16)17/h3-4,7,15H,5-6,8-9H2,1-2H3,(H,16,17). The molecule has 0 spiro atoms. The van der Waals surface area contributed by atoms with Crippen molar-refractivity contribution in [3.63, 3.8) is 0 Å². The Balaban J connectivity index is 2.29. The van der Waals surface area contributed by atoms with Crippen LogP contribution in [0, 0.1) is 5.41 Å². The Morgan fingerprint density at radius 2 is 2.10 bits per heavy atom. The molecule has 1 aromatic carbocycles. The number of ether oxygens (including phenoxy) is 1. The molecule has 1 fully saturated rings. The molecule has 0 amide bonds. The van der Waals surface area contributed by atoms with Gasteiger partial charge in [0.15, 0.2) is 0 Å². The minimum atomic E-state index is -3.72. The summed E-state index contributed by atoms with van der Waals surface area (Å²) in [5.41, 5.74) is 0.252. The average molecular weight is 313 g/mol. The van der Waals surface area contributed by atoms with E-state index in [4.69, 9.17) is 9.84 Å². The Kier molecular flexibility index (Phi) is 4.25. The lowest BCUT2D eigenvalue weighted by Gasteiger charge is -2.14. The molecule has 1 aromatic rings. The topological polar surface area (TPSA) is 92.7 Å². The average Bonchev–Trinajstić information content (AvgIpc) is 3.14. The molecular formula is C14H19NO5S. The zero-order chi connectivity index (χ0) is 15.7. The Morgan fingerprint density at radius 3 is 2.62 bits per heavy atom. The summed E-state index contributed by atoms with van der Waals surface area (Å²) < 4.78 is 32.3. The lowest BCUT2D eigenvalue weighted by atomic mass is 10.1. The lowest BCUT2D eigenvalue weighted by Crippen LogP contribution is -2.30. The Morgan fingerprint density at radius 1 is 1.43 bits per heavy atom. The number of hydrogen-bond donors (Lipinski definition) is 2. The number of hydrogen-bond acceptors (Lipinski definition) is 4. The monoisotopic (exact) mass is 313 g/mol. The van der Waals surface area contributed by atoms with Crippen molar-refractivity contribution in [2.75, 3.05) is 13.7 Å². The van der Waals surface area contributed by atoms with E-state index >= 15 is 0 Å². The molecule has 0 atom stereocenters. The van der Waals surface area contributed by atoms with Gasteiger partial charge < -0.3 is 9.84 Å². The summed E-state index contributed by atoms with van der Waals surface area (Å²) in [6.07, 6.45) is 1.63. The summed E-state index contributed by atoms with van der Waals surface area (Å²) in [4.78, 5) is 10.9. The number of carbonyl (C=O) groups is 1. The molecule has 2 rings (SSSR count). The highest BCUT2D eigenvalue weighted by Gasteiger charge is 2.38. The van der Waals surface area contributed by atoms with Crippen LogP contribution in [0.15, 0.2) is 23.1 Å². The summed E-state index contributed by atoms with van der Waals surface area (Å²) in [7, 11) is -2.28. The van der Waals surface area contributed by atoms with Crippen molar-refractivity contribution in [3.8, 4) is 5.75 Å². The summed E-state index contributed by atoms with van der Waals surface area (Å²) in [5, 5.41) is 8.93. The molecule has 0 heterocycles. The Labute approximate surface area is 124 Å². The maximum Gasteiger partial charge on any atom is 0.307 e. The van der Waals surface area contributed by atoms with Crippen LogP contribution >= 0.6 is 0 Å². The molecule has 7 heteroatoms. The first kappa shape index (κ1) is 15.8. The molecule has 0 aliphatic heterocycles. The number of methoxy groups -OCH3 is 1. The molecular weight excluding hydrogens is 294 g/mol. The number of nitrogens with one attached hydrogen (secondary N) is 1. The summed E-state index contributed by atoms with van der Waals surface area (Å²) in [6.45, 7) is 2.38. The van der Waals surface area contributed by atoms with Crippen LogP contribution in [0.1, 0.15) is 25.3 Å². The van der Waals surface area contributed by atoms with Crippen LogP contribution in [-0.2, 0) is 21.2 Å². The second kappa shape index (κ2) is 5.65. The smallest absolute Gasteiger partial charge is 0.307 e. The van der Waals surface area contributed by atoms with Crippen LogP contribution in [-0.4, -0.2) is 33.1 Å². The van der Waals surface area contributed by atoms with Gasteiger partial charge in [-0.25, -0.2) is 13.1 Å². The third kappa shape index (κ3) is 3.95. The normalized spacial score (nSPS) is 16.5. The zero-order valence-corrected chi connectivity index (χ0v) is 12.9. The molecule has 1 aliphatic rings. The molecule has 116 valence electrons. The molecule has 1 aliphatic carbocycles. The van der Waals surface area contributed by atoms with Crippen LogP contribution < -0.4 is 9.46 Å². The van der Waals surface area contributed by atoms with Gasteiger partial charge in [-0.2, -0.15) is 0 Å². The van der Waals surface area contributed by atoms with Gasteiger partial charge in [0.05, 0.1) is 18.4 Å². The van der Waals surface area contributed by atoms with Gasteiger partial charge in [0.25, 0.3) is 0 Å². The molecule has 1 saturated carbocycles. The minimum absolute atomic E-state index is 0.00468. The van der Waals surface area contributed by atoms with Gasteiger partial charge in [-0.05, 0) is 42.0 Å². The van der Waals surface area contributed by atoms with Crippen LogP contribution in [0.25, 0.3) is 0 Å². The van der Waals surface area contributed by atoms with Gasteiger partial charge in [0.2, 0.25) is 10.0 Å². The predicted molar refractivity (Wildman–Crippen MR) is 76.9 cm³/mol. The number of sulfonamides is 1. The van der Waals surface area contributed by atoms with Crippen molar-refractivity contribution >= 4 is 16.0 Å². The highest BCUT2D eigenvalue weighted by Crippen LogP contribution is 2.44. The van der Waals surface area contributed by atoms with Crippen molar-refractivity contribution < 1.29 is 23.1 Å². The van der Waals surface area contributed by atoms with E-state index in [0.717, 1.165) is 12.8 Å². The largest absolute Gasteiger partial charge is 0.497 e. The van der Waals surface area contributed by atoms with Gasteiger partial charge in [0.1, 0.15) is 5.75 Å². The molecule has 0 aromatic heterocycles. The molecule has 2 N–H and O–H groups in total. The van der Waals surface area contributed by atoms with Crippen molar-refractivity contribution in [2.45, 2.75) is 31.1 Å². The minimum Gasteiger partial charge on any atom is -0.497 e. The van der Waals surface area contributed by atoms with E-state index in [0.29, 0.717) is 12.3 Å². The van der Waals surface area contributed by atoms with Crippen LogP contribution in [0.4, 0.5) is 0 Å². The predicted octanol–water partition coefficient (Wildman–Crippen LogP) is 1.40. The first-order valence-electron chi connectivity index (χ1n) is 6.64. The number of carboxylic acids is 1. The number of rotatable bonds is 7. The lowest BCUT2D eigenvalue weighted by molar-refractivity contribution is -0.136. The summed E-state index contributed by atoms with van der Waals surface area (Å²) in [6, 6.07) is 4.34. The SMILES string of the molecule is COc1ccc(S(=O)(=O)NCC2(C)CC2)c(CC(=O)O)c1. The molecule has 0 radical (unpaired) electrons. The van der Waals surface area contributed by atoms with Gasteiger partial charge in [-0.3, -0.25) is 4.79 Å². The van der Waals surface area contributed by atoms with Crippen LogP contribution in [0.2, 0.25) is 0 Å². The molecule has 0 unspecified atom stereocenters. The van der Waals surface area contributed by atoms with Gasteiger partial charge in [-0.1, -0.05) is 6.92 Å². The van der Waals surface area contributed by atoms with Crippen molar-refractivity contribution in [1.82, 2.24) is 4.72 Å². The first-order valence-corrected chi connectivity index (χ1v) is 8.12. The Hall–Kier alpha value is -1.60. The van der Waals surface area contributed by atoms with Crippen LogP contribution in [0.5, 0.6) is 5.75 Å². The van der Waals surface area contributed by atoms with Gasteiger partial charge in [-0.15, -0.1) is 0 Å². The van der Waals surface area contributed by atoms with E-state index in [-0.39, 0.29) is 22.3 Å². The first-order chi connectivity index (χ1) is 9.76. The maximum atomic E-state index is 12.4. The van der Waals surface area contributed by atoms with Crippen molar-refractivity contribution in [3.05, 3.63) is 23.8 Å². The molecule has 0 bridgehead atoms. The van der Waals surface area contributed by atoms with Crippen LogP contribution in [0.3, 0.4) is 0 Å². The van der Waals surface area contributed by atoms with E-state index < -0.39 is 16.0 Å². The fourth-order valence-corrected chi connectivity index (χ4v) is 3.40. The van der Waals surface area contributed by atoms with Gasteiger partial charge in [0, 0.05) is 6.54 Å². The number of benzene rings is 1. The number of carboxylic acid groups (broad SMARTS) is 1. The molecule has 0 saturated heterocycles. The second-order valence-electron chi connectivity index (χ2n) is 5.68. The molecule has 6 nitrogen and oxygen atoms in total.